The molecule has 2 aromatic rings. The smallest absolute Gasteiger partial charge is 0.326 e. The average Bonchev–Trinajstić information content (AvgIpc) is 3.12. The number of carboxylic acid groups (broad SMARTS) is 1. The molecule has 0 unspecified atom stereocenters. The Bertz CT molecular complexity index is 787. The van der Waals surface area contributed by atoms with Crippen molar-refractivity contribution in [3.05, 3.63) is 48.5 Å². The molecule has 2 rings (SSSR count). The van der Waals surface area contributed by atoms with E-state index in [4.69, 9.17) is 0 Å². The van der Waals surface area contributed by atoms with Gasteiger partial charge in [0.2, 0.25) is 5.91 Å². The second-order valence-corrected chi connectivity index (χ2v) is 6.67. The molecule has 8 nitrogen and oxygen atoms in total. The number of nitrogens with zero attached hydrogens (tertiary/aromatic N) is 2. The van der Waals surface area contributed by atoms with Gasteiger partial charge in [0.1, 0.15) is 6.04 Å². The number of amides is 2. The van der Waals surface area contributed by atoms with Crippen molar-refractivity contribution in [1.29, 1.82) is 0 Å². The van der Waals surface area contributed by atoms with Gasteiger partial charge < -0.3 is 20.3 Å². The molecule has 3 N–H and O–H groups in total. The Hall–Kier alpha value is -3.16. The second kappa shape index (κ2) is 9.51. The number of carboxylic acids is 1. The van der Waals surface area contributed by atoms with Gasteiger partial charge >= 0.3 is 5.97 Å². The summed E-state index contributed by atoms with van der Waals surface area (Å²) in [5, 5.41) is 14.5. The molecule has 0 aliphatic carbocycles. The van der Waals surface area contributed by atoms with Crippen LogP contribution in [0.3, 0.4) is 0 Å². The highest BCUT2D eigenvalue weighted by Crippen LogP contribution is 2.13. The number of hydrogen-bond donors (Lipinski definition) is 3. The summed E-state index contributed by atoms with van der Waals surface area (Å²) >= 11 is 0. The molecule has 8 heteroatoms. The van der Waals surface area contributed by atoms with Crippen LogP contribution in [0.15, 0.2) is 43.0 Å². The van der Waals surface area contributed by atoms with E-state index in [0.29, 0.717) is 18.7 Å². The zero-order chi connectivity index (χ0) is 19.8. The zero-order valence-corrected chi connectivity index (χ0v) is 15.4. The van der Waals surface area contributed by atoms with Gasteiger partial charge in [0, 0.05) is 36.6 Å². The molecule has 144 valence electrons. The van der Waals surface area contributed by atoms with E-state index in [1.165, 1.54) is 6.07 Å². The van der Waals surface area contributed by atoms with E-state index in [-0.39, 0.29) is 23.8 Å². The number of aliphatic carboxylic acids is 1. The molecule has 0 spiro atoms. The number of benzene rings is 1. The highest BCUT2D eigenvalue weighted by Gasteiger charge is 2.21. The maximum atomic E-state index is 12.4. The Morgan fingerprint density at radius 3 is 2.67 bits per heavy atom. The van der Waals surface area contributed by atoms with E-state index in [1.807, 2.05) is 13.8 Å². The lowest BCUT2D eigenvalue weighted by Gasteiger charge is -2.16. The third-order valence-electron chi connectivity index (χ3n) is 3.88. The topological polar surface area (TPSA) is 113 Å². The fourth-order valence-electron chi connectivity index (χ4n) is 2.55. The maximum Gasteiger partial charge on any atom is 0.326 e. The minimum absolute atomic E-state index is 0.132. The molecule has 1 heterocycles. The highest BCUT2D eigenvalue weighted by molar-refractivity contribution is 5.98. The number of nitrogens with one attached hydrogen (secondary N) is 2. The lowest BCUT2D eigenvalue weighted by Crippen LogP contribution is -2.41. The third-order valence-corrected chi connectivity index (χ3v) is 3.88. The summed E-state index contributed by atoms with van der Waals surface area (Å²) in [4.78, 5) is 39.6. The number of carbonyl (C=O) groups is 3. The molecule has 0 aliphatic rings. The van der Waals surface area contributed by atoms with Gasteiger partial charge in [-0.05, 0) is 30.5 Å². The predicted octanol–water partition coefficient (Wildman–Crippen LogP) is 2.14. The molecule has 2 amide bonds. The standard InChI is InChI=1S/C19H24N4O4/c1-13(2)10-16(19(26)27)22-18(25)14-4-3-5-15(11-14)21-17(24)6-8-23-9-7-20-12-23/h3-5,7,9,11-13,16H,6,8,10H2,1-2H3,(H,21,24)(H,22,25)(H,26,27)/t16-/m0/s1. The van der Waals surface area contributed by atoms with Crippen LogP contribution in [0.1, 0.15) is 37.0 Å². The molecule has 0 fully saturated rings. The number of hydrogen-bond acceptors (Lipinski definition) is 4. The Labute approximate surface area is 157 Å². The summed E-state index contributed by atoms with van der Waals surface area (Å²) in [6.07, 6.45) is 5.65. The van der Waals surface area contributed by atoms with Crippen LogP contribution in [0.4, 0.5) is 5.69 Å². The maximum absolute atomic E-state index is 12.4. The highest BCUT2D eigenvalue weighted by atomic mass is 16.4. The molecule has 1 aromatic heterocycles. The van der Waals surface area contributed by atoms with E-state index in [0.717, 1.165) is 0 Å². The Balaban J connectivity index is 1.95. The lowest BCUT2D eigenvalue weighted by molar-refractivity contribution is -0.139. The Morgan fingerprint density at radius 2 is 2.04 bits per heavy atom. The fourth-order valence-corrected chi connectivity index (χ4v) is 2.55. The van der Waals surface area contributed by atoms with Crippen LogP contribution in [0.5, 0.6) is 0 Å². The van der Waals surface area contributed by atoms with Crippen LogP contribution in [0.25, 0.3) is 0 Å². The monoisotopic (exact) mass is 372 g/mol. The fraction of sp³-hybridized carbons (Fsp3) is 0.368. The first-order valence-electron chi connectivity index (χ1n) is 8.74. The first kappa shape index (κ1) is 20.2. The average molecular weight is 372 g/mol. The molecular weight excluding hydrogens is 348 g/mol. The third kappa shape index (κ3) is 6.58. The molecule has 1 atom stereocenters. The van der Waals surface area contributed by atoms with Crippen LogP contribution in [-0.2, 0) is 16.1 Å². The van der Waals surface area contributed by atoms with Crippen molar-refractivity contribution in [2.75, 3.05) is 5.32 Å². The summed E-state index contributed by atoms with van der Waals surface area (Å²) in [5.41, 5.74) is 0.770. The van der Waals surface area contributed by atoms with Crippen LogP contribution in [0, 0.1) is 5.92 Å². The van der Waals surface area contributed by atoms with E-state index in [1.54, 1.807) is 41.5 Å². The molecule has 0 saturated heterocycles. The molecule has 27 heavy (non-hydrogen) atoms. The van der Waals surface area contributed by atoms with E-state index < -0.39 is 17.9 Å². The normalized spacial score (nSPS) is 11.8. The minimum atomic E-state index is -1.07. The molecule has 0 bridgehead atoms. The number of aryl methyl sites for hydroxylation is 1. The van der Waals surface area contributed by atoms with Gasteiger partial charge in [-0.15, -0.1) is 0 Å². The minimum Gasteiger partial charge on any atom is -0.480 e. The van der Waals surface area contributed by atoms with Crippen molar-refractivity contribution in [1.82, 2.24) is 14.9 Å². The number of carbonyl (C=O) groups excluding carboxylic acids is 2. The van der Waals surface area contributed by atoms with Crippen LogP contribution in [0.2, 0.25) is 0 Å². The van der Waals surface area contributed by atoms with Gasteiger partial charge in [0.05, 0.1) is 6.33 Å². The van der Waals surface area contributed by atoms with Gasteiger partial charge in [-0.3, -0.25) is 9.59 Å². The molecular formula is C19H24N4O4. The summed E-state index contributed by atoms with van der Waals surface area (Å²) in [6.45, 7) is 4.28. The molecule has 0 saturated carbocycles. The van der Waals surface area contributed by atoms with Crippen molar-refractivity contribution in [3.63, 3.8) is 0 Å². The summed E-state index contributed by atoms with van der Waals surface area (Å²) in [5.74, 6) is -1.62. The second-order valence-electron chi connectivity index (χ2n) is 6.67. The number of rotatable bonds is 9. The van der Waals surface area contributed by atoms with E-state index in [2.05, 4.69) is 15.6 Å². The van der Waals surface area contributed by atoms with Gasteiger partial charge in [-0.25, -0.2) is 9.78 Å². The lowest BCUT2D eigenvalue weighted by atomic mass is 10.0. The van der Waals surface area contributed by atoms with Gasteiger partial charge in [0.15, 0.2) is 0 Å². The first-order valence-corrected chi connectivity index (χ1v) is 8.74. The molecule has 0 radical (unpaired) electrons. The quantitative estimate of drug-likeness (QED) is 0.624. The molecule has 0 aliphatic heterocycles. The Kier molecular flexibility index (Phi) is 7.10. The first-order chi connectivity index (χ1) is 12.8. The molecule has 1 aromatic carbocycles. The summed E-state index contributed by atoms with van der Waals surface area (Å²) < 4.78 is 1.80. The van der Waals surface area contributed by atoms with E-state index in [9.17, 15) is 19.5 Å². The van der Waals surface area contributed by atoms with Crippen molar-refractivity contribution in [2.45, 2.75) is 39.3 Å². The van der Waals surface area contributed by atoms with Crippen LogP contribution >= 0.6 is 0 Å². The Morgan fingerprint density at radius 1 is 1.26 bits per heavy atom. The van der Waals surface area contributed by atoms with E-state index >= 15 is 0 Å². The number of imidazole rings is 1. The number of aromatic nitrogens is 2. The predicted molar refractivity (Wildman–Crippen MR) is 100 cm³/mol. The van der Waals surface area contributed by atoms with Crippen molar-refractivity contribution in [3.8, 4) is 0 Å². The van der Waals surface area contributed by atoms with Crippen molar-refractivity contribution >= 4 is 23.5 Å². The zero-order valence-electron chi connectivity index (χ0n) is 15.4. The van der Waals surface area contributed by atoms with Gasteiger partial charge in [0.25, 0.3) is 5.91 Å². The van der Waals surface area contributed by atoms with Crippen LogP contribution in [-0.4, -0.2) is 38.5 Å². The van der Waals surface area contributed by atoms with Gasteiger partial charge in [-0.1, -0.05) is 19.9 Å². The van der Waals surface area contributed by atoms with Crippen molar-refractivity contribution < 1.29 is 19.5 Å². The summed E-state index contributed by atoms with van der Waals surface area (Å²) in [7, 11) is 0. The van der Waals surface area contributed by atoms with Gasteiger partial charge in [-0.2, -0.15) is 0 Å². The SMILES string of the molecule is CC(C)C[C@H](NC(=O)c1cccc(NC(=O)CCn2ccnc2)c1)C(=O)O. The van der Waals surface area contributed by atoms with Crippen LogP contribution < -0.4 is 10.6 Å². The largest absolute Gasteiger partial charge is 0.480 e. The summed E-state index contributed by atoms with van der Waals surface area (Å²) in [6, 6.07) is 5.46. The number of anilines is 1. The van der Waals surface area contributed by atoms with Crippen molar-refractivity contribution in [2.24, 2.45) is 5.92 Å².